The Morgan fingerprint density at radius 1 is 0.900 bits per heavy atom. The molecule has 0 radical (unpaired) electrons. The van der Waals surface area contributed by atoms with Crippen LogP contribution in [0.4, 0.5) is 0 Å². The average molecular weight is 293 g/mol. The van der Waals surface area contributed by atoms with Crippen LogP contribution in [0, 0.1) is 0 Å². The number of rotatable bonds is 12. The van der Waals surface area contributed by atoms with Crippen LogP contribution < -0.4 is 5.32 Å². The molecule has 0 heterocycles. The maximum absolute atomic E-state index is 9.78. The van der Waals surface area contributed by atoms with Gasteiger partial charge in [-0.1, -0.05) is 33.1 Å². The van der Waals surface area contributed by atoms with Gasteiger partial charge in [-0.25, -0.2) is 0 Å². The van der Waals surface area contributed by atoms with Gasteiger partial charge in [0.1, 0.15) is 18.3 Å². The summed E-state index contributed by atoms with van der Waals surface area (Å²) in [5.41, 5.74) is 0. The summed E-state index contributed by atoms with van der Waals surface area (Å²) in [6.45, 7) is 3.67. The van der Waals surface area contributed by atoms with E-state index in [1.165, 1.54) is 6.42 Å². The highest BCUT2D eigenvalue weighted by Crippen LogP contribution is 2.08. The molecule has 6 heteroatoms. The molecule has 0 aliphatic heterocycles. The molecule has 0 fully saturated rings. The third kappa shape index (κ3) is 7.52. The van der Waals surface area contributed by atoms with Crippen molar-refractivity contribution >= 4 is 0 Å². The predicted octanol–water partition coefficient (Wildman–Crippen LogP) is -0.629. The average Bonchev–Trinajstić information content (AvgIpc) is 2.47. The van der Waals surface area contributed by atoms with Gasteiger partial charge in [0.2, 0.25) is 0 Å². The van der Waals surface area contributed by atoms with Crippen molar-refractivity contribution < 1.29 is 25.5 Å². The number of aliphatic hydroxyl groups is 5. The van der Waals surface area contributed by atoms with Gasteiger partial charge in [0, 0.05) is 12.6 Å². The van der Waals surface area contributed by atoms with Gasteiger partial charge in [0.05, 0.1) is 12.7 Å². The molecule has 20 heavy (non-hydrogen) atoms. The van der Waals surface area contributed by atoms with Crippen LogP contribution in [0.1, 0.15) is 46.0 Å². The molecular formula is C14H31NO5. The van der Waals surface area contributed by atoms with E-state index in [0.29, 0.717) is 0 Å². The van der Waals surface area contributed by atoms with E-state index < -0.39 is 31.0 Å². The highest BCUT2D eigenvalue weighted by Gasteiger charge is 2.29. The summed E-state index contributed by atoms with van der Waals surface area (Å²) >= 11 is 0. The normalized spacial score (nSPS) is 19.4. The number of unbranched alkanes of at least 4 members (excludes halogenated alkanes) is 2. The Morgan fingerprint density at radius 3 is 2.00 bits per heavy atom. The third-order valence-corrected chi connectivity index (χ3v) is 3.59. The standard InChI is InChI=1S/C14H31NO5/c1-3-5-6-7-10(4-2)15-8-11(17)13(19)14(20)12(18)9-16/h10-20H,3-9H2,1-2H3. The van der Waals surface area contributed by atoms with Crippen molar-refractivity contribution in [2.75, 3.05) is 13.2 Å². The van der Waals surface area contributed by atoms with Crippen molar-refractivity contribution in [1.82, 2.24) is 5.32 Å². The number of nitrogens with one attached hydrogen (secondary N) is 1. The van der Waals surface area contributed by atoms with Gasteiger partial charge in [-0.05, 0) is 12.8 Å². The first kappa shape index (κ1) is 19.8. The summed E-state index contributed by atoms with van der Waals surface area (Å²) in [5, 5.41) is 50.0. The fraction of sp³-hybridized carbons (Fsp3) is 1.00. The lowest BCUT2D eigenvalue weighted by Crippen LogP contribution is -2.50. The lowest BCUT2D eigenvalue weighted by Gasteiger charge is -2.27. The topological polar surface area (TPSA) is 113 Å². The van der Waals surface area contributed by atoms with Crippen LogP contribution in [0.25, 0.3) is 0 Å². The summed E-state index contributed by atoms with van der Waals surface area (Å²) < 4.78 is 0. The van der Waals surface area contributed by atoms with Gasteiger partial charge in [0.25, 0.3) is 0 Å². The number of hydrogen-bond donors (Lipinski definition) is 6. The Balaban J connectivity index is 4.07. The van der Waals surface area contributed by atoms with Gasteiger partial charge < -0.3 is 30.8 Å². The largest absolute Gasteiger partial charge is 0.394 e. The number of hydrogen-bond acceptors (Lipinski definition) is 6. The van der Waals surface area contributed by atoms with Crippen molar-refractivity contribution in [2.45, 2.75) is 76.4 Å². The smallest absolute Gasteiger partial charge is 0.111 e. The quantitative estimate of drug-likeness (QED) is 0.267. The van der Waals surface area contributed by atoms with E-state index in [-0.39, 0.29) is 12.6 Å². The number of aliphatic hydroxyl groups excluding tert-OH is 5. The molecule has 0 amide bonds. The molecule has 6 nitrogen and oxygen atoms in total. The fourth-order valence-electron chi connectivity index (χ4n) is 2.06. The van der Waals surface area contributed by atoms with Crippen LogP contribution >= 0.6 is 0 Å². The van der Waals surface area contributed by atoms with Crippen LogP contribution in [0.3, 0.4) is 0 Å². The monoisotopic (exact) mass is 293 g/mol. The molecule has 6 N–H and O–H groups in total. The van der Waals surface area contributed by atoms with Crippen LogP contribution in [0.5, 0.6) is 0 Å². The molecule has 0 aromatic rings. The molecule has 0 bridgehead atoms. The van der Waals surface area contributed by atoms with Crippen molar-refractivity contribution in [3.63, 3.8) is 0 Å². The highest BCUT2D eigenvalue weighted by atomic mass is 16.4. The van der Waals surface area contributed by atoms with Crippen LogP contribution in [0.2, 0.25) is 0 Å². The SMILES string of the molecule is CCCCCC(CC)NCC(O)C(O)C(O)C(O)CO. The summed E-state index contributed by atoms with van der Waals surface area (Å²) in [6, 6.07) is 0.267. The molecule has 0 aromatic carbocycles. The van der Waals surface area contributed by atoms with E-state index in [2.05, 4.69) is 19.2 Å². The Bertz CT molecular complexity index is 230. The second-order valence-corrected chi connectivity index (χ2v) is 5.31. The van der Waals surface area contributed by atoms with Crippen molar-refractivity contribution in [3.8, 4) is 0 Å². The molecule has 0 rings (SSSR count). The fourth-order valence-corrected chi connectivity index (χ4v) is 2.06. The minimum Gasteiger partial charge on any atom is -0.394 e. The maximum Gasteiger partial charge on any atom is 0.111 e. The molecule has 122 valence electrons. The predicted molar refractivity (Wildman–Crippen MR) is 77.3 cm³/mol. The van der Waals surface area contributed by atoms with Crippen LogP contribution in [0.15, 0.2) is 0 Å². The van der Waals surface area contributed by atoms with Crippen LogP contribution in [-0.2, 0) is 0 Å². The van der Waals surface area contributed by atoms with Gasteiger partial charge in [-0.2, -0.15) is 0 Å². The molecule has 0 aromatic heterocycles. The Morgan fingerprint density at radius 2 is 1.50 bits per heavy atom. The lowest BCUT2D eigenvalue weighted by atomic mass is 10.0. The Kier molecular flexibility index (Phi) is 11.3. The van der Waals surface area contributed by atoms with E-state index in [1.54, 1.807) is 0 Å². The Hall–Kier alpha value is -0.240. The second-order valence-electron chi connectivity index (χ2n) is 5.31. The molecule has 0 spiro atoms. The maximum atomic E-state index is 9.78. The third-order valence-electron chi connectivity index (χ3n) is 3.59. The van der Waals surface area contributed by atoms with Crippen LogP contribution in [-0.4, -0.2) is 69.1 Å². The van der Waals surface area contributed by atoms with Gasteiger partial charge in [-0.15, -0.1) is 0 Å². The zero-order valence-electron chi connectivity index (χ0n) is 12.6. The summed E-state index contributed by atoms with van der Waals surface area (Å²) in [5.74, 6) is 0. The van der Waals surface area contributed by atoms with E-state index in [9.17, 15) is 20.4 Å². The van der Waals surface area contributed by atoms with E-state index in [4.69, 9.17) is 5.11 Å². The van der Waals surface area contributed by atoms with E-state index >= 15 is 0 Å². The van der Waals surface area contributed by atoms with Crippen molar-refractivity contribution in [1.29, 1.82) is 0 Å². The zero-order chi connectivity index (χ0) is 15.5. The molecule has 5 unspecified atom stereocenters. The minimum absolute atomic E-state index is 0.140. The molecule has 0 saturated heterocycles. The van der Waals surface area contributed by atoms with Gasteiger partial charge in [-0.3, -0.25) is 0 Å². The molecule has 0 saturated carbocycles. The lowest BCUT2D eigenvalue weighted by molar-refractivity contribution is -0.114. The van der Waals surface area contributed by atoms with Crippen molar-refractivity contribution in [3.05, 3.63) is 0 Å². The first-order chi connectivity index (χ1) is 9.47. The molecule has 5 atom stereocenters. The van der Waals surface area contributed by atoms with E-state index in [0.717, 1.165) is 25.7 Å². The molecular weight excluding hydrogens is 262 g/mol. The van der Waals surface area contributed by atoms with Gasteiger partial charge >= 0.3 is 0 Å². The first-order valence-electron chi connectivity index (χ1n) is 7.54. The molecule has 0 aliphatic carbocycles. The zero-order valence-corrected chi connectivity index (χ0v) is 12.6. The second kappa shape index (κ2) is 11.4. The Labute approximate surface area is 121 Å². The highest BCUT2D eigenvalue weighted by molar-refractivity contribution is 4.82. The first-order valence-corrected chi connectivity index (χ1v) is 7.54. The summed E-state index contributed by atoms with van der Waals surface area (Å²) in [7, 11) is 0. The summed E-state index contributed by atoms with van der Waals surface area (Å²) in [6.07, 6.45) is -0.309. The minimum atomic E-state index is -1.56. The summed E-state index contributed by atoms with van der Waals surface area (Å²) in [4.78, 5) is 0. The van der Waals surface area contributed by atoms with E-state index in [1.807, 2.05) is 0 Å². The van der Waals surface area contributed by atoms with Gasteiger partial charge in [0.15, 0.2) is 0 Å². The van der Waals surface area contributed by atoms with Crippen molar-refractivity contribution in [2.24, 2.45) is 0 Å². The molecule has 0 aliphatic rings.